The normalized spacial score (nSPS) is 19.8. The minimum Gasteiger partial charge on any atom is -0.325 e. The molecule has 2 rings (SSSR count). The minimum atomic E-state index is -0.0131. The Kier molecular flexibility index (Phi) is 3.25. The Hall–Kier alpha value is -1.35. The summed E-state index contributed by atoms with van der Waals surface area (Å²) >= 11 is 0. The molecule has 3 nitrogen and oxygen atoms in total. The zero-order chi connectivity index (χ0) is 11.5. The molecule has 0 bridgehead atoms. The minimum absolute atomic E-state index is 0.0131. The first-order valence-corrected chi connectivity index (χ1v) is 5.78. The van der Waals surface area contributed by atoms with Gasteiger partial charge < -0.3 is 10.6 Å². The summed E-state index contributed by atoms with van der Waals surface area (Å²) < 4.78 is 0. The molecule has 1 heterocycles. The van der Waals surface area contributed by atoms with Crippen molar-refractivity contribution in [3.05, 3.63) is 29.3 Å². The van der Waals surface area contributed by atoms with Crippen LogP contribution in [0.1, 0.15) is 24.0 Å². The van der Waals surface area contributed by atoms with Crippen LogP contribution in [0, 0.1) is 13.8 Å². The van der Waals surface area contributed by atoms with Crippen LogP contribution in [0.2, 0.25) is 0 Å². The van der Waals surface area contributed by atoms with Crippen molar-refractivity contribution in [1.82, 2.24) is 5.32 Å². The van der Waals surface area contributed by atoms with Crippen LogP contribution >= 0.6 is 0 Å². The van der Waals surface area contributed by atoms with Crippen LogP contribution in [0.15, 0.2) is 18.2 Å². The van der Waals surface area contributed by atoms with Crippen LogP contribution in [0.3, 0.4) is 0 Å². The third-order valence-corrected chi connectivity index (χ3v) is 2.87. The molecular formula is C13H18N2O. The highest BCUT2D eigenvalue weighted by Gasteiger charge is 2.21. The van der Waals surface area contributed by atoms with E-state index >= 15 is 0 Å². The summed E-state index contributed by atoms with van der Waals surface area (Å²) in [4.78, 5) is 11.9. The highest BCUT2D eigenvalue weighted by atomic mass is 16.2. The second-order valence-corrected chi connectivity index (χ2v) is 4.51. The van der Waals surface area contributed by atoms with Crippen molar-refractivity contribution in [3.63, 3.8) is 0 Å². The maximum absolute atomic E-state index is 11.9. The van der Waals surface area contributed by atoms with E-state index in [1.54, 1.807) is 0 Å². The Balaban J connectivity index is 2.05. The number of anilines is 1. The molecule has 1 aliphatic heterocycles. The standard InChI is InChI=1S/C13H18N2O/c1-9-6-10(2)8-11(7-9)15-13(16)12-4-3-5-14-12/h6-8,12,14H,3-5H2,1-2H3,(H,15,16). The molecule has 3 heteroatoms. The molecule has 0 radical (unpaired) electrons. The Bertz CT molecular complexity index is 375. The first kappa shape index (κ1) is 11.1. The molecule has 0 aromatic heterocycles. The molecule has 16 heavy (non-hydrogen) atoms. The molecule has 1 aromatic carbocycles. The van der Waals surface area contributed by atoms with Crippen molar-refractivity contribution >= 4 is 11.6 Å². The summed E-state index contributed by atoms with van der Waals surface area (Å²) in [5.41, 5.74) is 3.25. The van der Waals surface area contributed by atoms with E-state index < -0.39 is 0 Å². The van der Waals surface area contributed by atoms with Crippen molar-refractivity contribution in [1.29, 1.82) is 0 Å². The van der Waals surface area contributed by atoms with E-state index in [1.165, 1.54) is 11.1 Å². The van der Waals surface area contributed by atoms with Gasteiger partial charge in [-0.3, -0.25) is 4.79 Å². The van der Waals surface area contributed by atoms with E-state index in [1.807, 2.05) is 26.0 Å². The predicted molar refractivity (Wildman–Crippen MR) is 65.6 cm³/mol. The fraction of sp³-hybridized carbons (Fsp3) is 0.462. The molecule has 1 fully saturated rings. The van der Waals surface area contributed by atoms with E-state index in [4.69, 9.17) is 0 Å². The molecule has 0 aliphatic carbocycles. The average molecular weight is 218 g/mol. The molecule has 1 unspecified atom stereocenters. The van der Waals surface area contributed by atoms with Gasteiger partial charge in [0.2, 0.25) is 5.91 Å². The number of rotatable bonds is 2. The monoisotopic (exact) mass is 218 g/mol. The van der Waals surface area contributed by atoms with Crippen LogP contribution in [-0.4, -0.2) is 18.5 Å². The summed E-state index contributed by atoms with van der Waals surface area (Å²) in [6, 6.07) is 6.09. The van der Waals surface area contributed by atoms with Crippen molar-refractivity contribution in [2.75, 3.05) is 11.9 Å². The van der Waals surface area contributed by atoms with Gasteiger partial charge in [0.05, 0.1) is 6.04 Å². The largest absolute Gasteiger partial charge is 0.325 e. The molecular weight excluding hydrogens is 200 g/mol. The zero-order valence-corrected chi connectivity index (χ0v) is 9.84. The van der Waals surface area contributed by atoms with Crippen LogP contribution in [-0.2, 0) is 4.79 Å². The van der Waals surface area contributed by atoms with E-state index in [0.717, 1.165) is 25.1 Å². The molecule has 1 aliphatic rings. The Labute approximate surface area is 96.2 Å². The lowest BCUT2D eigenvalue weighted by molar-refractivity contribution is -0.117. The maximum Gasteiger partial charge on any atom is 0.241 e. The quantitative estimate of drug-likeness (QED) is 0.797. The van der Waals surface area contributed by atoms with Gasteiger partial charge in [0.25, 0.3) is 0 Å². The third-order valence-electron chi connectivity index (χ3n) is 2.87. The van der Waals surface area contributed by atoms with Crippen LogP contribution in [0.25, 0.3) is 0 Å². The number of aryl methyl sites for hydroxylation is 2. The summed E-state index contributed by atoms with van der Waals surface area (Å²) in [7, 11) is 0. The molecule has 2 N–H and O–H groups in total. The Morgan fingerprint density at radius 2 is 2.00 bits per heavy atom. The summed E-state index contributed by atoms with van der Waals surface area (Å²) in [6.45, 7) is 5.03. The number of hydrogen-bond acceptors (Lipinski definition) is 2. The van der Waals surface area contributed by atoms with Gasteiger partial charge in [-0.25, -0.2) is 0 Å². The first-order valence-electron chi connectivity index (χ1n) is 5.78. The van der Waals surface area contributed by atoms with Crippen molar-refractivity contribution in [2.24, 2.45) is 0 Å². The zero-order valence-electron chi connectivity index (χ0n) is 9.84. The van der Waals surface area contributed by atoms with Gasteiger partial charge in [-0.1, -0.05) is 6.07 Å². The van der Waals surface area contributed by atoms with Gasteiger partial charge in [-0.2, -0.15) is 0 Å². The van der Waals surface area contributed by atoms with Crippen LogP contribution < -0.4 is 10.6 Å². The Morgan fingerprint density at radius 3 is 2.56 bits per heavy atom. The average Bonchev–Trinajstić information content (AvgIpc) is 2.68. The van der Waals surface area contributed by atoms with Crippen molar-refractivity contribution in [2.45, 2.75) is 32.7 Å². The highest BCUT2D eigenvalue weighted by molar-refractivity contribution is 5.95. The van der Waals surface area contributed by atoms with Gasteiger partial charge in [0.15, 0.2) is 0 Å². The van der Waals surface area contributed by atoms with Crippen molar-refractivity contribution < 1.29 is 4.79 Å². The van der Waals surface area contributed by atoms with Crippen LogP contribution in [0.5, 0.6) is 0 Å². The fourth-order valence-corrected chi connectivity index (χ4v) is 2.18. The number of nitrogens with one attached hydrogen (secondary N) is 2. The van der Waals surface area contributed by atoms with E-state index in [9.17, 15) is 4.79 Å². The molecule has 1 atom stereocenters. The highest BCUT2D eigenvalue weighted by Crippen LogP contribution is 2.15. The second-order valence-electron chi connectivity index (χ2n) is 4.51. The number of amides is 1. The first-order chi connectivity index (χ1) is 7.65. The summed E-state index contributed by atoms with van der Waals surface area (Å²) in [5, 5.41) is 6.16. The molecule has 1 saturated heterocycles. The smallest absolute Gasteiger partial charge is 0.241 e. The SMILES string of the molecule is Cc1cc(C)cc(NC(=O)C2CCCN2)c1. The molecule has 1 amide bonds. The van der Waals surface area contributed by atoms with Crippen molar-refractivity contribution in [3.8, 4) is 0 Å². The lowest BCUT2D eigenvalue weighted by Gasteiger charge is -2.12. The molecule has 1 aromatic rings. The molecule has 0 spiro atoms. The number of carbonyl (C=O) groups excluding carboxylic acids is 1. The van der Waals surface area contributed by atoms with E-state index in [0.29, 0.717) is 0 Å². The molecule has 0 saturated carbocycles. The third kappa shape index (κ3) is 2.61. The number of hydrogen-bond donors (Lipinski definition) is 2. The number of carbonyl (C=O) groups is 1. The summed E-state index contributed by atoms with van der Waals surface area (Å²) in [6.07, 6.45) is 2.03. The Morgan fingerprint density at radius 1 is 1.31 bits per heavy atom. The fourth-order valence-electron chi connectivity index (χ4n) is 2.18. The lowest BCUT2D eigenvalue weighted by atomic mass is 10.1. The summed E-state index contributed by atoms with van der Waals surface area (Å²) in [5.74, 6) is 0.0856. The van der Waals surface area contributed by atoms with Gasteiger partial charge in [-0.05, 0) is 56.5 Å². The topological polar surface area (TPSA) is 41.1 Å². The van der Waals surface area contributed by atoms with E-state index in [-0.39, 0.29) is 11.9 Å². The second kappa shape index (κ2) is 4.66. The molecule has 86 valence electrons. The lowest BCUT2D eigenvalue weighted by Crippen LogP contribution is -2.35. The van der Waals surface area contributed by atoms with Crippen LogP contribution in [0.4, 0.5) is 5.69 Å². The van der Waals surface area contributed by atoms with Gasteiger partial charge in [0, 0.05) is 5.69 Å². The predicted octanol–water partition coefficient (Wildman–Crippen LogP) is 1.99. The number of benzene rings is 1. The van der Waals surface area contributed by atoms with Gasteiger partial charge >= 0.3 is 0 Å². The maximum atomic E-state index is 11.9. The van der Waals surface area contributed by atoms with E-state index in [2.05, 4.69) is 16.7 Å². The van der Waals surface area contributed by atoms with Gasteiger partial charge in [0.1, 0.15) is 0 Å². The van der Waals surface area contributed by atoms with Gasteiger partial charge in [-0.15, -0.1) is 0 Å².